The lowest BCUT2D eigenvalue weighted by atomic mass is 9.91. The molecule has 5 rings (SSSR count). The average molecular weight is 573 g/mol. The van der Waals surface area contributed by atoms with E-state index in [0.717, 1.165) is 81.7 Å². The lowest BCUT2D eigenvalue weighted by Crippen LogP contribution is -2.46. The fraction of sp³-hybridized carbons (Fsp3) is 0.543. The molecule has 0 aliphatic carbocycles. The number of nitrogens with zero attached hydrogens (tertiary/aromatic N) is 4. The fourth-order valence-electron chi connectivity index (χ4n) is 6.95. The first-order valence-electron chi connectivity index (χ1n) is 15.8. The molecular weight excluding hydrogens is 524 g/mol. The van der Waals surface area contributed by atoms with E-state index in [2.05, 4.69) is 65.8 Å². The van der Waals surface area contributed by atoms with Gasteiger partial charge in [0.25, 0.3) is 5.91 Å². The number of methoxy groups -OCH3 is 2. The van der Waals surface area contributed by atoms with Crippen LogP contribution in [0.3, 0.4) is 0 Å². The van der Waals surface area contributed by atoms with Gasteiger partial charge >= 0.3 is 0 Å². The van der Waals surface area contributed by atoms with Crippen LogP contribution in [0.5, 0.6) is 11.5 Å². The second-order valence-electron chi connectivity index (χ2n) is 11.9. The van der Waals surface area contributed by atoms with Crippen molar-refractivity contribution < 1.29 is 14.3 Å². The standard InChI is InChI=1S/C35H48N4O3/c1-6-37-19-21-38(22-20-37)32-16-10-14-29-30(32)24-39(35(29)40)31(28-17-18-33(41-4)34(23-28)42-5)15-8-7-12-27-13-9-11-25(2)36-26(27)3/h10-11,14,16-18,23,27,31H,6-9,12-13,15,19-22,24H2,1-5H3/t27?,31-/m1/s1. The Morgan fingerprint density at radius 2 is 1.79 bits per heavy atom. The van der Waals surface area contributed by atoms with Crippen LogP contribution in [0.2, 0.25) is 0 Å². The number of likely N-dealkylation sites (N-methyl/N-ethyl adjacent to an activating group) is 1. The van der Waals surface area contributed by atoms with Gasteiger partial charge in [0.1, 0.15) is 0 Å². The van der Waals surface area contributed by atoms with Crippen molar-refractivity contribution in [2.24, 2.45) is 10.9 Å². The Labute approximate surface area is 252 Å². The topological polar surface area (TPSA) is 57.6 Å². The normalized spacial score (nSPS) is 20.1. The third-order valence-electron chi connectivity index (χ3n) is 9.48. The summed E-state index contributed by atoms with van der Waals surface area (Å²) in [4.78, 5) is 25.9. The third kappa shape index (κ3) is 6.51. The van der Waals surface area contributed by atoms with Crippen molar-refractivity contribution >= 4 is 17.3 Å². The molecule has 7 nitrogen and oxygen atoms in total. The monoisotopic (exact) mass is 572 g/mol. The summed E-state index contributed by atoms with van der Waals surface area (Å²) in [7, 11) is 3.33. The summed E-state index contributed by atoms with van der Waals surface area (Å²) in [6.45, 7) is 12.3. The molecule has 2 aromatic carbocycles. The molecule has 7 heteroatoms. The number of carbonyl (C=O) groups excluding carboxylic acids is 1. The number of anilines is 1. The lowest BCUT2D eigenvalue weighted by molar-refractivity contribution is 0.0688. The molecule has 1 amide bonds. The first-order chi connectivity index (χ1) is 20.4. The molecule has 1 saturated heterocycles. The maximum atomic E-state index is 14.0. The van der Waals surface area contributed by atoms with Gasteiger partial charge in [0.15, 0.2) is 11.5 Å². The summed E-state index contributed by atoms with van der Waals surface area (Å²) in [6, 6.07) is 12.4. The third-order valence-corrected chi connectivity index (χ3v) is 9.48. The van der Waals surface area contributed by atoms with E-state index in [1.54, 1.807) is 14.2 Å². The SMILES string of the molecule is CCN1CCN(c2cccc3c2CN([C@H](CCCCC2CCC=C(C)N=C2C)c2ccc(OC)c(OC)c2)C3=O)CC1. The predicted octanol–water partition coefficient (Wildman–Crippen LogP) is 6.88. The summed E-state index contributed by atoms with van der Waals surface area (Å²) in [5.41, 5.74) is 6.74. The number of fused-ring (bicyclic) bond motifs is 1. The van der Waals surface area contributed by atoms with Crippen LogP contribution < -0.4 is 14.4 Å². The number of rotatable bonds is 11. The van der Waals surface area contributed by atoms with Crippen molar-refractivity contribution in [2.75, 3.05) is 51.8 Å². The highest BCUT2D eigenvalue weighted by Crippen LogP contribution is 2.41. The van der Waals surface area contributed by atoms with Crippen molar-refractivity contribution in [3.05, 3.63) is 64.9 Å². The number of piperazine rings is 1. The second-order valence-corrected chi connectivity index (χ2v) is 11.9. The number of benzene rings is 2. The Balaban J connectivity index is 1.36. The highest BCUT2D eigenvalue weighted by atomic mass is 16.5. The Morgan fingerprint density at radius 1 is 1.00 bits per heavy atom. The van der Waals surface area contributed by atoms with Crippen molar-refractivity contribution in [2.45, 2.75) is 71.9 Å². The number of hydrogen-bond acceptors (Lipinski definition) is 6. The van der Waals surface area contributed by atoms with Crippen LogP contribution in [0.4, 0.5) is 5.69 Å². The zero-order valence-corrected chi connectivity index (χ0v) is 26.2. The number of hydrogen-bond donors (Lipinski definition) is 0. The minimum absolute atomic E-state index is 0.0395. The molecule has 0 aromatic heterocycles. The molecule has 0 saturated carbocycles. The van der Waals surface area contributed by atoms with Gasteiger partial charge in [0.2, 0.25) is 0 Å². The molecule has 0 N–H and O–H groups in total. The summed E-state index contributed by atoms with van der Waals surface area (Å²) >= 11 is 0. The first kappa shape index (κ1) is 30.1. The van der Waals surface area contributed by atoms with Crippen LogP contribution in [-0.2, 0) is 6.54 Å². The Hall–Kier alpha value is -3.32. The number of amides is 1. The van der Waals surface area contributed by atoms with Gasteiger partial charge in [-0.05, 0) is 81.8 Å². The summed E-state index contributed by atoms with van der Waals surface area (Å²) in [5, 5.41) is 0. The predicted molar refractivity (Wildman–Crippen MR) is 171 cm³/mol. The highest BCUT2D eigenvalue weighted by molar-refractivity contribution is 6.00. The Kier molecular flexibility index (Phi) is 9.88. The quantitative estimate of drug-likeness (QED) is 0.275. The van der Waals surface area contributed by atoms with E-state index in [0.29, 0.717) is 24.0 Å². The number of ether oxygens (including phenoxy) is 2. The number of allylic oxidation sites excluding steroid dienone is 2. The van der Waals surface area contributed by atoms with E-state index < -0.39 is 0 Å². The molecule has 3 aliphatic rings. The van der Waals surface area contributed by atoms with Gasteiger partial charge in [-0.2, -0.15) is 0 Å². The maximum absolute atomic E-state index is 14.0. The van der Waals surface area contributed by atoms with Gasteiger partial charge in [0.05, 0.1) is 20.3 Å². The minimum atomic E-state index is -0.0395. The van der Waals surface area contributed by atoms with Crippen LogP contribution in [0.25, 0.3) is 0 Å². The van der Waals surface area contributed by atoms with Gasteiger partial charge in [-0.3, -0.25) is 9.79 Å². The maximum Gasteiger partial charge on any atom is 0.255 e. The zero-order valence-electron chi connectivity index (χ0n) is 26.2. The van der Waals surface area contributed by atoms with Crippen LogP contribution in [0, 0.1) is 5.92 Å². The van der Waals surface area contributed by atoms with Gasteiger partial charge in [-0.1, -0.05) is 38.0 Å². The second kappa shape index (κ2) is 13.8. The zero-order chi connectivity index (χ0) is 29.6. The van der Waals surface area contributed by atoms with Crippen molar-refractivity contribution in [3.63, 3.8) is 0 Å². The molecule has 226 valence electrons. The largest absolute Gasteiger partial charge is 0.493 e. The number of aliphatic imine (C=N–C) groups is 1. The van der Waals surface area contributed by atoms with E-state index >= 15 is 0 Å². The molecule has 2 aromatic rings. The van der Waals surface area contributed by atoms with Crippen molar-refractivity contribution in [1.29, 1.82) is 0 Å². The molecule has 1 fully saturated rings. The number of unbranched alkanes of at least 4 members (excludes halogenated alkanes) is 1. The molecule has 3 heterocycles. The fourth-order valence-corrected chi connectivity index (χ4v) is 6.95. The smallest absolute Gasteiger partial charge is 0.255 e. The molecule has 42 heavy (non-hydrogen) atoms. The van der Waals surface area contributed by atoms with Crippen molar-refractivity contribution in [3.8, 4) is 11.5 Å². The summed E-state index contributed by atoms with van der Waals surface area (Å²) in [6.07, 6.45) is 8.72. The average Bonchev–Trinajstić information content (AvgIpc) is 3.25. The minimum Gasteiger partial charge on any atom is -0.493 e. The highest BCUT2D eigenvalue weighted by Gasteiger charge is 2.36. The van der Waals surface area contributed by atoms with Gasteiger partial charge < -0.3 is 24.2 Å². The van der Waals surface area contributed by atoms with Gasteiger partial charge in [-0.15, -0.1) is 0 Å². The molecule has 2 atom stereocenters. The molecule has 3 aliphatic heterocycles. The van der Waals surface area contributed by atoms with E-state index in [1.807, 2.05) is 12.1 Å². The van der Waals surface area contributed by atoms with E-state index in [1.165, 1.54) is 23.4 Å². The Bertz CT molecular complexity index is 1310. The Morgan fingerprint density at radius 3 is 2.52 bits per heavy atom. The van der Waals surface area contributed by atoms with E-state index in [9.17, 15) is 4.79 Å². The first-order valence-corrected chi connectivity index (χ1v) is 15.8. The van der Waals surface area contributed by atoms with Crippen LogP contribution in [0.15, 0.2) is 53.2 Å². The lowest BCUT2D eigenvalue weighted by Gasteiger charge is -2.36. The molecule has 0 radical (unpaired) electrons. The van der Waals surface area contributed by atoms with Crippen LogP contribution >= 0.6 is 0 Å². The van der Waals surface area contributed by atoms with Crippen LogP contribution in [0.1, 0.15) is 86.8 Å². The van der Waals surface area contributed by atoms with Crippen LogP contribution in [-0.4, -0.2) is 68.4 Å². The molecule has 1 unspecified atom stereocenters. The van der Waals surface area contributed by atoms with Crippen molar-refractivity contribution in [1.82, 2.24) is 9.80 Å². The van der Waals surface area contributed by atoms with E-state index in [-0.39, 0.29) is 11.9 Å². The molecule has 0 bridgehead atoms. The van der Waals surface area contributed by atoms with Gasteiger partial charge in [0, 0.05) is 60.9 Å². The summed E-state index contributed by atoms with van der Waals surface area (Å²) < 4.78 is 11.2. The molecule has 0 spiro atoms. The van der Waals surface area contributed by atoms with E-state index in [4.69, 9.17) is 14.5 Å². The summed E-state index contributed by atoms with van der Waals surface area (Å²) in [5.74, 6) is 2.07. The molecular formula is C35H48N4O3. The van der Waals surface area contributed by atoms with Gasteiger partial charge in [-0.25, -0.2) is 0 Å². The number of carbonyl (C=O) groups is 1.